The molecule has 3 nitrogen and oxygen atoms in total. The van der Waals surface area contributed by atoms with Crippen molar-refractivity contribution in [3.8, 4) is 5.75 Å². The first-order valence-corrected chi connectivity index (χ1v) is 5.94. The molecule has 0 saturated heterocycles. The van der Waals surface area contributed by atoms with E-state index in [-0.39, 0.29) is 11.6 Å². The topological polar surface area (TPSA) is 61.3 Å². The van der Waals surface area contributed by atoms with Gasteiger partial charge in [-0.1, -0.05) is 12.1 Å². The van der Waals surface area contributed by atoms with E-state index in [4.69, 9.17) is 16.2 Å². The van der Waals surface area contributed by atoms with Crippen LogP contribution in [0.4, 0.5) is 0 Å². The molecular formula is C14H24N2O. The molecule has 1 aromatic rings. The lowest BCUT2D eigenvalue weighted by molar-refractivity contribution is 0.406. The van der Waals surface area contributed by atoms with Gasteiger partial charge in [0.05, 0.1) is 7.11 Å². The minimum Gasteiger partial charge on any atom is -0.496 e. The highest BCUT2D eigenvalue weighted by Gasteiger charge is 2.18. The molecule has 0 radical (unpaired) electrons. The first kappa shape index (κ1) is 14.0. The van der Waals surface area contributed by atoms with Gasteiger partial charge in [0.1, 0.15) is 5.75 Å². The van der Waals surface area contributed by atoms with E-state index in [1.807, 2.05) is 27.7 Å². The zero-order chi connectivity index (χ0) is 13.2. The second-order valence-corrected chi connectivity index (χ2v) is 5.49. The fraction of sp³-hybridized carbons (Fsp3) is 0.571. The van der Waals surface area contributed by atoms with Gasteiger partial charge >= 0.3 is 0 Å². The fourth-order valence-electron chi connectivity index (χ4n) is 2.20. The Morgan fingerprint density at radius 3 is 2.06 bits per heavy atom. The van der Waals surface area contributed by atoms with Crippen molar-refractivity contribution >= 4 is 0 Å². The van der Waals surface area contributed by atoms with Crippen LogP contribution in [-0.2, 0) is 0 Å². The lowest BCUT2D eigenvalue weighted by atomic mass is 9.91. The molecule has 1 atom stereocenters. The number of nitrogens with two attached hydrogens (primary N) is 2. The second-order valence-electron chi connectivity index (χ2n) is 5.49. The molecule has 0 aliphatic carbocycles. The SMILES string of the molecule is COc1c(C)cc(C(N)CC(C)(C)N)cc1C. The number of rotatable bonds is 4. The summed E-state index contributed by atoms with van der Waals surface area (Å²) in [5.74, 6) is 0.938. The van der Waals surface area contributed by atoms with Crippen molar-refractivity contribution < 1.29 is 4.74 Å². The lowest BCUT2D eigenvalue weighted by Crippen LogP contribution is -2.35. The van der Waals surface area contributed by atoms with Gasteiger partial charge in [0.2, 0.25) is 0 Å². The Morgan fingerprint density at radius 1 is 1.24 bits per heavy atom. The molecule has 0 fully saturated rings. The molecule has 1 aromatic carbocycles. The molecular weight excluding hydrogens is 212 g/mol. The molecule has 0 aliphatic heterocycles. The third kappa shape index (κ3) is 3.72. The van der Waals surface area contributed by atoms with E-state index in [0.29, 0.717) is 0 Å². The monoisotopic (exact) mass is 236 g/mol. The normalized spacial score (nSPS) is 13.6. The number of benzene rings is 1. The van der Waals surface area contributed by atoms with Crippen LogP contribution in [0.3, 0.4) is 0 Å². The lowest BCUT2D eigenvalue weighted by Gasteiger charge is -2.24. The summed E-state index contributed by atoms with van der Waals surface area (Å²) in [7, 11) is 1.69. The Kier molecular flexibility index (Phi) is 4.17. The number of hydrogen-bond acceptors (Lipinski definition) is 3. The number of hydrogen-bond donors (Lipinski definition) is 2. The Labute approximate surface area is 104 Å². The zero-order valence-electron chi connectivity index (χ0n) is 11.5. The Hall–Kier alpha value is -1.06. The number of ether oxygens (including phenoxy) is 1. The van der Waals surface area contributed by atoms with Crippen molar-refractivity contribution in [1.29, 1.82) is 0 Å². The zero-order valence-corrected chi connectivity index (χ0v) is 11.5. The van der Waals surface area contributed by atoms with Crippen LogP contribution in [0, 0.1) is 13.8 Å². The van der Waals surface area contributed by atoms with E-state index >= 15 is 0 Å². The Bertz CT molecular complexity index is 371. The fourth-order valence-corrected chi connectivity index (χ4v) is 2.20. The maximum atomic E-state index is 6.19. The molecule has 0 spiro atoms. The number of methoxy groups -OCH3 is 1. The average Bonchev–Trinajstić information content (AvgIpc) is 2.14. The molecule has 0 heterocycles. The van der Waals surface area contributed by atoms with Crippen LogP contribution in [-0.4, -0.2) is 12.6 Å². The van der Waals surface area contributed by atoms with E-state index in [9.17, 15) is 0 Å². The van der Waals surface area contributed by atoms with Gasteiger partial charge in [0.15, 0.2) is 0 Å². The van der Waals surface area contributed by atoms with Crippen molar-refractivity contribution in [2.24, 2.45) is 11.5 Å². The molecule has 0 amide bonds. The highest BCUT2D eigenvalue weighted by Crippen LogP contribution is 2.28. The maximum Gasteiger partial charge on any atom is 0.124 e. The smallest absolute Gasteiger partial charge is 0.124 e. The van der Waals surface area contributed by atoms with Crippen molar-refractivity contribution in [2.75, 3.05) is 7.11 Å². The van der Waals surface area contributed by atoms with Crippen LogP contribution in [0.1, 0.15) is 43.0 Å². The molecule has 1 unspecified atom stereocenters. The van der Waals surface area contributed by atoms with Crippen LogP contribution < -0.4 is 16.2 Å². The van der Waals surface area contributed by atoms with Gasteiger partial charge in [-0.2, -0.15) is 0 Å². The molecule has 0 aromatic heterocycles. The van der Waals surface area contributed by atoms with Crippen LogP contribution in [0.2, 0.25) is 0 Å². The number of aryl methyl sites for hydroxylation is 2. The predicted molar refractivity (Wildman–Crippen MR) is 72.3 cm³/mol. The third-order valence-corrected chi connectivity index (χ3v) is 2.86. The Morgan fingerprint density at radius 2 is 1.71 bits per heavy atom. The van der Waals surface area contributed by atoms with Gasteiger partial charge in [-0.05, 0) is 50.8 Å². The predicted octanol–water partition coefficient (Wildman–Crippen LogP) is 2.44. The average molecular weight is 236 g/mol. The van der Waals surface area contributed by atoms with Gasteiger partial charge in [0.25, 0.3) is 0 Å². The minimum atomic E-state index is -0.249. The summed E-state index contributed by atoms with van der Waals surface area (Å²) in [4.78, 5) is 0. The van der Waals surface area contributed by atoms with Crippen LogP contribution in [0.15, 0.2) is 12.1 Å². The molecule has 0 saturated carbocycles. The molecule has 0 aliphatic rings. The van der Waals surface area contributed by atoms with Gasteiger partial charge in [-0.15, -0.1) is 0 Å². The van der Waals surface area contributed by atoms with E-state index in [0.717, 1.165) is 28.9 Å². The summed E-state index contributed by atoms with van der Waals surface area (Å²) in [5, 5.41) is 0. The van der Waals surface area contributed by atoms with Crippen molar-refractivity contribution in [3.63, 3.8) is 0 Å². The van der Waals surface area contributed by atoms with E-state index in [2.05, 4.69) is 12.1 Å². The van der Waals surface area contributed by atoms with E-state index < -0.39 is 0 Å². The van der Waals surface area contributed by atoms with Gasteiger partial charge in [-0.3, -0.25) is 0 Å². The summed E-state index contributed by atoms with van der Waals surface area (Å²) < 4.78 is 5.35. The third-order valence-electron chi connectivity index (χ3n) is 2.86. The van der Waals surface area contributed by atoms with Crippen LogP contribution in [0.5, 0.6) is 5.75 Å². The van der Waals surface area contributed by atoms with E-state index in [1.165, 1.54) is 0 Å². The standard InChI is InChI=1S/C14H24N2O/c1-9-6-11(7-10(2)13(9)17-5)12(15)8-14(3,4)16/h6-7,12H,8,15-16H2,1-5H3. The van der Waals surface area contributed by atoms with Crippen LogP contribution in [0.25, 0.3) is 0 Å². The quantitative estimate of drug-likeness (QED) is 0.844. The summed E-state index contributed by atoms with van der Waals surface area (Å²) in [5.41, 5.74) is 15.3. The van der Waals surface area contributed by atoms with Crippen molar-refractivity contribution in [1.82, 2.24) is 0 Å². The summed E-state index contributed by atoms with van der Waals surface area (Å²) in [6, 6.07) is 4.14. The Balaban J connectivity index is 3.00. The summed E-state index contributed by atoms with van der Waals surface area (Å²) in [6.45, 7) is 8.07. The van der Waals surface area contributed by atoms with Gasteiger partial charge < -0.3 is 16.2 Å². The molecule has 17 heavy (non-hydrogen) atoms. The highest BCUT2D eigenvalue weighted by atomic mass is 16.5. The first-order valence-electron chi connectivity index (χ1n) is 5.94. The van der Waals surface area contributed by atoms with Gasteiger partial charge in [0, 0.05) is 11.6 Å². The molecule has 0 bridgehead atoms. The molecule has 96 valence electrons. The van der Waals surface area contributed by atoms with Gasteiger partial charge in [-0.25, -0.2) is 0 Å². The van der Waals surface area contributed by atoms with Crippen molar-refractivity contribution in [3.05, 3.63) is 28.8 Å². The maximum absolute atomic E-state index is 6.19. The molecule has 3 heteroatoms. The molecule has 4 N–H and O–H groups in total. The minimum absolute atomic E-state index is 0.0293. The van der Waals surface area contributed by atoms with Crippen molar-refractivity contribution in [2.45, 2.75) is 45.7 Å². The molecule has 1 rings (SSSR count). The summed E-state index contributed by atoms with van der Waals surface area (Å²) >= 11 is 0. The largest absolute Gasteiger partial charge is 0.496 e. The van der Waals surface area contributed by atoms with Crippen LogP contribution >= 0.6 is 0 Å². The van der Waals surface area contributed by atoms with E-state index in [1.54, 1.807) is 7.11 Å². The highest BCUT2D eigenvalue weighted by molar-refractivity contribution is 5.44. The summed E-state index contributed by atoms with van der Waals surface area (Å²) in [6.07, 6.45) is 0.762. The first-order chi connectivity index (χ1) is 7.74. The second kappa shape index (κ2) is 5.07.